The van der Waals surface area contributed by atoms with Crippen LogP contribution in [0, 0.1) is 29.6 Å². The Bertz CT molecular complexity index is 787. The zero-order valence-corrected chi connectivity index (χ0v) is 19.0. The fourth-order valence-electron chi connectivity index (χ4n) is 2.97. The maximum Gasteiger partial charge on any atom is 0.337 e. The second-order valence-corrected chi connectivity index (χ2v) is 13.7. The van der Waals surface area contributed by atoms with Gasteiger partial charge in [-0.05, 0) is 79.9 Å². The van der Waals surface area contributed by atoms with Crippen LogP contribution >= 0.6 is 0 Å². The molecule has 1 saturated carbocycles. The highest BCUT2D eigenvalue weighted by molar-refractivity contribution is 6.74. The van der Waals surface area contributed by atoms with E-state index in [1.54, 1.807) is 12.1 Å². The van der Waals surface area contributed by atoms with Crippen molar-refractivity contribution in [2.75, 3.05) is 7.11 Å². The van der Waals surface area contributed by atoms with Crippen LogP contribution < -0.4 is 0 Å². The van der Waals surface area contributed by atoms with Gasteiger partial charge in [-0.2, -0.15) is 0 Å². The third-order valence-electron chi connectivity index (χ3n) is 5.79. The number of esters is 1. The molecule has 0 atom stereocenters. The molecule has 0 aliphatic heterocycles. The van der Waals surface area contributed by atoms with E-state index in [1.165, 1.54) is 7.11 Å². The van der Waals surface area contributed by atoms with Crippen molar-refractivity contribution < 1.29 is 14.0 Å². The topological polar surface area (TPSA) is 35.5 Å². The van der Waals surface area contributed by atoms with Gasteiger partial charge >= 0.3 is 5.97 Å². The quantitative estimate of drug-likeness (QED) is 0.389. The molecule has 0 aromatic heterocycles. The minimum absolute atomic E-state index is 0.258. The average molecular weight is 397 g/mol. The van der Waals surface area contributed by atoms with Gasteiger partial charge < -0.3 is 9.16 Å². The molecule has 0 spiro atoms. The highest BCUT2D eigenvalue weighted by Crippen LogP contribution is 2.39. The molecule has 0 heterocycles. The van der Waals surface area contributed by atoms with Gasteiger partial charge in [-0.1, -0.05) is 32.6 Å². The Kier molecular flexibility index (Phi) is 7.53. The Hall–Kier alpha value is -2.01. The zero-order chi connectivity index (χ0) is 20.8. The lowest BCUT2D eigenvalue weighted by atomic mass is 9.88. The van der Waals surface area contributed by atoms with E-state index in [2.05, 4.69) is 62.3 Å². The standard InChI is InChI=1S/C24H32O3Si/c1-24(2,3)28(5,6)27-22-17-13-20(14-18-22)10-8-7-9-19-11-15-21(16-12-19)23(25)26-4/h11-12,15-16,20,22H,13-14,17-18H2,1-6H3/t20-,22-. The molecule has 1 fully saturated rings. The smallest absolute Gasteiger partial charge is 0.337 e. The molecule has 28 heavy (non-hydrogen) atoms. The van der Waals surface area contributed by atoms with E-state index in [0.29, 0.717) is 17.6 Å². The number of ether oxygens (including phenoxy) is 1. The van der Waals surface area contributed by atoms with Crippen molar-refractivity contribution >= 4 is 14.3 Å². The van der Waals surface area contributed by atoms with Crippen LogP contribution in [0.2, 0.25) is 18.1 Å². The summed E-state index contributed by atoms with van der Waals surface area (Å²) in [5.41, 5.74) is 1.37. The predicted octanol–water partition coefficient (Wildman–Crippen LogP) is 5.41. The lowest BCUT2D eigenvalue weighted by Gasteiger charge is -2.40. The van der Waals surface area contributed by atoms with Crippen molar-refractivity contribution in [1.29, 1.82) is 0 Å². The molecule has 0 unspecified atom stereocenters. The first-order valence-corrected chi connectivity index (χ1v) is 12.9. The summed E-state index contributed by atoms with van der Waals surface area (Å²) in [6, 6.07) is 7.05. The van der Waals surface area contributed by atoms with Crippen molar-refractivity contribution in [1.82, 2.24) is 0 Å². The molecule has 1 aromatic carbocycles. The molecule has 0 bridgehead atoms. The summed E-state index contributed by atoms with van der Waals surface area (Å²) in [6.45, 7) is 11.5. The van der Waals surface area contributed by atoms with Crippen LogP contribution in [0.5, 0.6) is 0 Å². The van der Waals surface area contributed by atoms with Crippen molar-refractivity contribution in [3.63, 3.8) is 0 Å². The first-order chi connectivity index (χ1) is 13.1. The SMILES string of the molecule is COC(=O)c1ccc(C#CC#C[C@H]2CC[C@H](O[Si](C)(C)C(C)(C)C)CC2)cc1. The molecular weight excluding hydrogens is 364 g/mol. The molecule has 1 aliphatic carbocycles. The second kappa shape index (κ2) is 9.46. The molecule has 3 nitrogen and oxygen atoms in total. The van der Waals surface area contributed by atoms with Crippen LogP contribution in [-0.2, 0) is 9.16 Å². The summed E-state index contributed by atoms with van der Waals surface area (Å²) in [6.07, 6.45) is 4.74. The summed E-state index contributed by atoms with van der Waals surface area (Å²) in [5, 5.41) is 0.258. The van der Waals surface area contributed by atoms with Crippen LogP contribution in [0.3, 0.4) is 0 Å². The average Bonchev–Trinajstić information content (AvgIpc) is 2.65. The van der Waals surface area contributed by atoms with Crippen LogP contribution in [0.1, 0.15) is 62.4 Å². The highest BCUT2D eigenvalue weighted by Gasteiger charge is 2.39. The summed E-state index contributed by atoms with van der Waals surface area (Å²) in [7, 11) is -0.310. The van der Waals surface area contributed by atoms with Gasteiger partial charge in [-0.3, -0.25) is 0 Å². The summed E-state index contributed by atoms with van der Waals surface area (Å²) in [4.78, 5) is 11.4. The number of methoxy groups -OCH3 is 1. The van der Waals surface area contributed by atoms with E-state index in [4.69, 9.17) is 4.43 Å². The van der Waals surface area contributed by atoms with Gasteiger partial charge in [0.25, 0.3) is 0 Å². The van der Waals surface area contributed by atoms with E-state index < -0.39 is 8.32 Å². The molecule has 0 saturated heterocycles. The van der Waals surface area contributed by atoms with Gasteiger partial charge in [0.2, 0.25) is 0 Å². The van der Waals surface area contributed by atoms with Gasteiger partial charge in [-0.25, -0.2) is 4.79 Å². The van der Waals surface area contributed by atoms with E-state index in [9.17, 15) is 4.79 Å². The van der Waals surface area contributed by atoms with Crippen LogP contribution in [0.4, 0.5) is 0 Å². The minimum atomic E-state index is -1.68. The third kappa shape index (κ3) is 6.26. The monoisotopic (exact) mass is 396 g/mol. The fraction of sp³-hybridized carbons (Fsp3) is 0.542. The number of carbonyl (C=O) groups is 1. The van der Waals surface area contributed by atoms with Crippen molar-refractivity contribution in [2.24, 2.45) is 5.92 Å². The molecule has 1 aliphatic rings. The Balaban J connectivity index is 1.84. The summed E-state index contributed by atoms with van der Waals surface area (Å²) >= 11 is 0. The Morgan fingerprint density at radius 2 is 1.64 bits per heavy atom. The fourth-order valence-corrected chi connectivity index (χ4v) is 4.39. The zero-order valence-electron chi connectivity index (χ0n) is 18.0. The number of hydrogen-bond donors (Lipinski definition) is 0. The van der Waals surface area contributed by atoms with Gasteiger partial charge in [0, 0.05) is 17.6 Å². The molecule has 0 radical (unpaired) electrons. The van der Waals surface area contributed by atoms with Crippen LogP contribution in [0.25, 0.3) is 0 Å². The summed E-state index contributed by atoms with van der Waals surface area (Å²) < 4.78 is 11.2. The lowest BCUT2D eigenvalue weighted by Crippen LogP contribution is -2.44. The molecule has 150 valence electrons. The number of rotatable bonds is 3. The van der Waals surface area contributed by atoms with E-state index in [-0.39, 0.29) is 11.0 Å². The molecule has 2 rings (SSSR count). The van der Waals surface area contributed by atoms with Gasteiger partial charge in [0.15, 0.2) is 8.32 Å². The Morgan fingerprint density at radius 3 is 2.18 bits per heavy atom. The highest BCUT2D eigenvalue weighted by atomic mass is 28.4. The number of benzene rings is 1. The third-order valence-corrected chi connectivity index (χ3v) is 10.3. The van der Waals surface area contributed by atoms with Crippen LogP contribution in [0.15, 0.2) is 24.3 Å². The second-order valence-electron chi connectivity index (χ2n) is 8.94. The number of carbonyl (C=O) groups excluding carboxylic acids is 1. The Labute approximate surface area is 171 Å². The Morgan fingerprint density at radius 1 is 1.04 bits per heavy atom. The van der Waals surface area contributed by atoms with Crippen molar-refractivity contribution in [3.05, 3.63) is 35.4 Å². The molecule has 4 heteroatoms. The van der Waals surface area contributed by atoms with Gasteiger partial charge in [0.1, 0.15) is 0 Å². The maximum absolute atomic E-state index is 11.4. The van der Waals surface area contributed by atoms with E-state index in [1.807, 2.05) is 12.1 Å². The lowest BCUT2D eigenvalue weighted by molar-refractivity contribution is 0.0600. The first kappa shape index (κ1) is 22.3. The van der Waals surface area contributed by atoms with Crippen LogP contribution in [-0.4, -0.2) is 27.5 Å². The molecular formula is C24H32O3Si. The predicted molar refractivity (Wildman–Crippen MR) is 116 cm³/mol. The normalized spacial score (nSPS) is 19.6. The van der Waals surface area contributed by atoms with Crippen molar-refractivity contribution in [3.8, 4) is 23.7 Å². The van der Waals surface area contributed by atoms with Crippen molar-refractivity contribution in [2.45, 2.75) is 70.7 Å². The van der Waals surface area contributed by atoms with Gasteiger partial charge in [0.05, 0.1) is 12.7 Å². The minimum Gasteiger partial charge on any atom is -0.465 e. The van der Waals surface area contributed by atoms with Gasteiger partial charge in [-0.15, -0.1) is 0 Å². The number of hydrogen-bond acceptors (Lipinski definition) is 3. The first-order valence-electron chi connectivity index (χ1n) is 10.00. The maximum atomic E-state index is 11.4. The van der Waals surface area contributed by atoms with E-state index in [0.717, 1.165) is 31.2 Å². The molecule has 0 N–H and O–H groups in total. The molecule has 0 amide bonds. The van der Waals surface area contributed by atoms with E-state index >= 15 is 0 Å². The molecule has 1 aromatic rings. The largest absolute Gasteiger partial charge is 0.465 e. The summed E-state index contributed by atoms with van der Waals surface area (Å²) in [5.74, 6) is 12.3.